The zero-order valence-corrected chi connectivity index (χ0v) is 18.4. The Kier molecular flexibility index (Phi) is 6.28. The molecule has 0 aliphatic carbocycles. The number of nitrogens with one attached hydrogen (secondary N) is 2. The molecule has 0 bridgehead atoms. The van der Waals surface area contributed by atoms with Crippen molar-refractivity contribution in [2.24, 2.45) is 5.73 Å². The summed E-state index contributed by atoms with van der Waals surface area (Å²) in [6, 6.07) is 5.38. The maximum Gasteiger partial charge on any atom is 0.416 e. The van der Waals surface area contributed by atoms with E-state index in [0.29, 0.717) is 33.4 Å². The Bertz CT molecular complexity index is 1040. The van der Waals surface area contributed by atoms with Gasteiger partial charge in [0.15, 0.2) is 0 Å². The maximum atomic E-state index is 13.6. The Labute approximate surface area is 188 Å². The fourth-order valence-corrected chi connectivity index (χ4v) is 5.35. The van der Waals surface area contributed by atoms with Gasteiger partial charge in [0.1, 0.15) is 0 Å². The van der Waals surface area contributed by atoms with Gasteiger partial charge >= 0.3 is 12.1 Å². The van der Waals surface area contributed by atoms with Gasteiger partial charge in [-0.15, -0.1) is 0 Å². The highest BCUT2D eigenvalue weighted by atomic mass is 32.2. The number of aryl methyl sites for hydroxylation is 1. The van der Waals surface area contributed by atoms with Crippen LogP contribution in [0, 0.1) is 6.92 Å². The highest BCUT2D eigenvalue weighted by Crippen LogP contribution is 2.51. The Morgan fingerprint density at radius 2 is 1.91 bits per heavy atom. The second kappa shape index (κ2) is 8.84. The van der Waals surface area contributed by atoms with Crippen LogP contribution in [0.1, 0.15) is 34.3 Å². The fourth-order valence-electron chi connectivity index (χ4n) is 4.17. The van der Waals surface area contributed by atoms with E-state index < -0.39 is 17.7 Å². The molecule has 0 saturated carbocycles. The molecule has 32 heavy (non-hydrogen) atoms. The highest BCUT2D eigenvalue weighted by Gasteiger charge is 2.34. The van der Waals surface area contributed by atoms with Gasteiger partial charge in [-0.1, -0.05) is 11.8 Å². The van der Waals surface area contributed by atoms with Gasteiger partial charge in [-0.05, 0) is 49.6 Å². The van der Waals surface area contributed by atoms with Crippen molar-refractivity contribution in [2.45, 2.75) is 41.8 Å². The number of carboxylic acids is 1. The normalized spacial score (nSPS) is 16.8. The number of aromatic carboxylic acids is 1. The molecule has 2 aromatic carbocycles. The Hall–Kier alpha value is -2.43. The van der Waals surface area contributed by atoms with Crippen LogP contribution >= 0.6 is 11.8 Å². The van der Waals surface area contributed by atoms with Gasteiger partial charge in [0, 0.05) is 42.0 Å². The van der Waals surface area contributed by atoms with E-state index in [0.717, 1.165) is 61.9 Å². The number of nitrogens with zero attached hydrogens (tertiary/aromatic N) is 1. The molecule has 0 radical (unpaired) electrons. The molecule has 1 saturated heterocycles. The van der Waals surface area contributed by atoms with Crippen LogP contribution in [0.4, 0.5) is 30.2 Å². The number of anilines is 3. The van der Waals surface area contributed by atoms with E-state index in [-0.39, 0.29) is 11.6 Å². The smallest absolute Gasteiger partial charge is 0.416 e. The lowest BCUT2D eigenvalue weighted by molar-refractivity contribution is -0.137. The number of rotatable bonds is 5. The van der Waals surface area contributed by atoms with Crippen molar-refractivity contribution in [2.75, 3.05) is 36.8 Å². The van der Waals surface area contributed by atoms with E-state index in [2.05, 4.69) is 15.5 Å². The van der Waals surface area contributed by atoms with Gasteiger partial charge in [0.2, 0.25) is 0 Å². The molecular formula is C22H25F3N4O2S. The third-order valence-electron chi connectivity index (χ3n) is 5.84. The third-order valence-corrected chi connectivity index (χ3v) is 6.92. The first kappa shape index (κ1) is 22.8. The lowest BCUT2D eigenvalue weighted by Crippen LogP contribution is -2.41. The standard InChI is InChI=1S/C22H25F3N4O2S/c1-12-8-13(21(30)31)9-17-19(12)28-20-16(10-14(22(23,24)25)11-18(20)32-17)27-15-2-5-29(6-3-15)7-4-26/h8-11,15,27-28H,2-7,26H2,1H3,(H,30,31). The number of fused-ring (bicyclic) bond motifs is 2. The topological polar surface area (TPSA) is 90.6 Å². The summed E-state index contributed by atoms with van der Waals surface area (Å²) >= 11 is 1.15. The average molecular weight is 467 g/mol. The van der Waals surface area contributed by atoms with E-state index in [1.54, 1.807) is 13.0 Å². The molecule has 2 aromatic rings. The lowest BCUT2D eigenvalue weighted by Gasteiger charge is -2.34. The van der Waals surface area contributed by atoms with Gasteiger partial charge in [0.05, 0.1) is 28.2 Å². The Balaban J connectivity index is 1.67. The van der Waals surface area contributed by atoms with Crippen LogP contribution in [0.5, 0.6) is 0 Å². The summed E-state index contributed by atoms with van der Waals surface area (Å²) < 4.78 is 40.9. The maximum absolute atomic E-state index is 13.6. The summed E-state index contributed by atoms with van der Waals surface area (Å²) in [5.41, 5.74) is 7.43. The largest absolute Gasteiger partial charge is 0.478 e. The molecule has 2 aliphatic heterocycles. The minimum atomic E-state index is -4.49. The molecule has 0 aromatic heterocycles. The molecule has 2 heterocycles. The lowest BCUT2D eigenvalue weighted by atomic mass is 10.0. The van der Waals surface area contributed by atoms with Crippen LogP contribution in [0.3, 0.4) is 0 Å². The number of nitrogens with two attached hydrogens (primary N) is 1. The Morgan fingerprint density at radius 1 is 1.22 bits per heavy atom. The van der Waals surface area contributed by atoms with Crippen molar-refractivity contribution in [1.29, 1.82) is 0 Å². The highest BCUT2D eigenvalue weighted by molar-refractivity contribution is 7.99. The molecule has 0 atom stereocenters. The van der Waals surface area contributed by atoms with Gasteiger partial charge in [-0.3, -0.25) is 0 Å². The molecule has 4 rings (SSSR count). The van der Waals surface area contributed by atoms with Crippen LogP contribution in [-0.4, -0.2) is 48.2 Å². The molecule has 0 unspecified atom stereocenters. The van der Waals surface area contributed by atoms with Crippen molar-refractivity contribution < 1.29 is 23.1 Å². The molecule has 1 fully saturated rings. The zero-order chi connectivity index (χ0) is 23.0. The van der Waals surface area contributed by atoms with Crippen LogP contribution in [0.15, 0.2) is 34.1 Å². The third kappa shape index (κ3) is 4.67. The molecule has 2 aliphatic rings. The molecule has 0 amide bonds. The number of benzene rings is 2. The summed E-state index contributed by atoms with van der Waals surface area (Å²) in [5, 5.41) is 15.9. The number of likely N-dealkylation sites (tertiary alicyclic amines) is 1. The second-order valence-electron chi connectivity index (χ2n) is 8.14. The molecule has 5 N–H and O–H groups in total. The van der Waals surface area contributed by atoms with Gasteiger partial charge in [0.25, 0.3) is 0 Å². The number of carboxylic acid groups (broad SMARTS) is 1. The van der Waals surface area contributed by atoms with E-state index in [1.165, 1.54) is 6.07 Å². The molecule has 172 valence electrons. The van der Waals surface area contributed by atoms with E-state index >= 15 is 0 Å². The predicted molar refractivity (Wildman–Crippen MR) is 119 cm³/mol. The summed E-state index contributed by atoms with van der Waals surface area (Å²) in [6.07, 6.45) is -2.86. The van der Waals surface area contributed by atoms with Crippen LogP contribution < -0.4 is 16.4 Å². The average Bonchev–Trinajstić information content (AvgIpc) is 2.73. The minimum Gasteiger partial charge on any atom is -0.478 e. The van der Waals surface area contributed by atoms with E-state index in [1.807, 2.05) is 0 Å². The summed E-state index contributed by atoms with van der Waals surface area (Å²) in [5.74, 6) is -1.07. The summed E-state index contributed by atoms with van der Waals surface area (Å²) in [4.78, 5) is 14.7. The number of hydrogen-bond acceptors (Lipinski definition) is 6. The molecular weight excluding hydrogens is 441 g/mol. The van der Waals surface area contributed by atoms with Gasteiger partial charge in [-0.2, -0.15) is 13.2 Å². The number of hydrogen-bond donors (Lipinski definition) is 4. The van der Waals surface area contributed by atoms with Gasteiger partial charge < -0.3 is 26.4 Å². The molecule has 6 nitrogen and oxygen atoms in total. The van der Waals surface area contributed by atoms with E-state index in [4.69, 9.17) is 5.73 Å². The minimum absolute atomic E-state index is 0.0558. The number of carbonyl (C=O) groups is 1. The van der Waals surface area contributed by atoms with Crippen molar-refractivity contribution >= 4 is 34.8 Å². The van der Waals surface area contributed by atoms with E-state index in [9.17, 15) is 23.1 Å². The summed E-state index contributed by atoms with van der Waals surface area (Å²) in [6.45, 7) is 4.88. The van der Waals surface area contributed by atoms with Gasteiger partial charge in [-0.25, -0.2) is 4.79 Å². The first-order chi connectivity index (χ1) is 15.2. The predicted octanol–water partition coefficient (Wildman–Crippen LogP) is 4.76. The SMILES string of the molecule is Cc1cc(C(=O)O)cc2c1Nc1c(NC3CCN(CCN)CC3)cc(C(F)(F)F)cc1S2. The van der Waals surface area contributed by atoms with Crippen molar-refractivity contribution in [3.8, 4) is 0 Å². The second-order valence-corrected chi connectivity index (χ2v) is 9.23. The first-order valence-electron chi connectivity index (χ1n) is 10.4. The quantitative estimate of drug-likeness (QED) is 0.431. The first-order valence-corrected chi connectivity index (χ1v) is 11.2. The molecule has 0 spiro atoms. The zero-order valence-electron chi connectivity index (χ0n) is 17.6. The Morgan fingerprint density at radius 3 is 2.53 bits per heavy atom. The van der Waals surface area contributed by atoms with Crippen molar-refractivity contribution in [3.63, 3.8) is 0 Å². The summed E-state index contributed by atoms with van der Waals surface area (Å²) in [7, 11) is 0. The van der Waals surface area contributed by atoms with Crippen LogP contribution in [0.25, 0.3) is 0 Å². The van der Waals surface area contributed by atoms with Crippen LogP contribution in [-0.2, 0) is 6.18 Å². The number of halogens is 3. The monoisotopic (exact) mass is 466 g/mol. The van der Waals surface area contributed by atoms with Crippen molar-refractivity contribution in [1.82, 2.24) is 4.90 Å². The fraction of sp³-hybridized carbons (Fsp3) is 0.409. The molecule has 10 heteroatoms. The van der Waals surface area contributed by atoms with Crippen molar-refractivity contribution in [3.05, 3.63) is 41.0 Å². The number of piperidine rings is 1. The van der Waals surface area contributed by atoms with Crippen LogP contribution in [0.2, 0.25) is 0 Å². The number of alkyl halides is 3.